The Bertz CT molecular complexity index is 522. The first kappa shape index (κ1) is 14.3. The minimum Gasteiger partial charge on any atom is -0.478 e. The Morgan fingerprint density at radius 3 is 2.55 bits per heavy atom. The molecule has 1 aliphatic rings. The average Bonchev–Trinajstić information content (AvgIpc) is 2.41. The third-order valence-corrected chi connectivity index (χ3v) is 3.40. The molecular weight excluding hydrogens is 260 g/mol. The van der Waals surface area contributed by atoms with Crippen LogP contribution >= 0.6 is 0 Å². The number of aromatic carboxylic acids is 1. The van der Waals surface area contributed by atoms with E-state index in [2.05, 4.69) is 5.32 Å². The first-order chi connectivity index (χ1) is 9.47. The highest BCUT2D eigenvalue weighted by Gasteiger charge is 2.22. The number of nitrogens with one attached hydrogen (secondary N) is 1. The summed E-state index contributed by atoms with van der Waals surface area (Å²) in [7, 11) is 0. The van der Waals surface area contributed by atoms with Gasteiger partial charge < -0.3 is 20.4 Å². The summed E-state index contributed by atoms with van der Waals surface area (Å²) in [5.41, 5.74) is 1.19. The van der Waals surface area contributed by atoms with Crippen molar-refractivity contribution in [3.63, 3.8) is 0 Å². The van der Waals surface area contributed by atoms with Crippen LogP contribution in [0.25, 0.3) is 0 Å². The molecule has 1 aromatic carbocycles. The number of aliphatic hydroxyl groups is 1. The summed E-state index contributed by atoms with van der Waals surface area (Å²) in [5, 5.41) is 21.2. The van der Waals surface area contributed by atoms with Gasteiger partial charge in [-0.05, 0) is 31.9 Å². The van der Waals surface area contributed by atoms with E-state index in [9.17, 15) is 14.7 Å². The van der Waals surface area contributed by atoms with Crippen LogP contribution in [0.4, 0.5) is 10.5 Å². The quantitative estimate of drug-likeness (QED) is 0.767. The van der Waals surface area contributed by atoms with Gasteiger partial charge in [0.1, 0.15) is 0 Å². The second-order valence-electron chi connectivity index (χ2n) is 5.00. The number of aryl methyl sites for hydroxylation is 1. The summed E-state index contributed by atoms with van der Waals surface area (Å²) in [6.45, 7) is 2.74. The average molecular weight is 278 g/mol. The van der Waals surface area contributed by atoms with E-state index in [1.807, 2.05) is 0 Å². The van der Waals surface area contributed by atoms with Crippen LogP contribution in [-0.2, 0) is 0 Å². The van der Waals surface area contributed by atoms with Crippen molar-refractivity contribution in [2.45, 2.75) is 25.9 Å². The van der Waals surface area contributed by atoms with Crippen LogP contribution in [0.3, 0.4) is 0 Å². The summed E-state index contributed by atoms with van der Waals surface area (Å²) in [5.74, 6) is -1.07. The molecule has 0 saturated carbocycles. The molecule has 2 rings (SSSR count). The van der Waals surface area contributed by atoms with Crippen LogP contribution in [0.15, 0.2) is 18.2 Å². The molecule has 2 amide bonds. The number of hydrogen-bond acceptors (Lipinski definition) is 3. The van der Waals surface area contributed by atoms with Crippen LogP contribution in [0.5, 0.6) is 0 Å². The minimum absolute atomic E-state index is 0.0791. The van der Waals surface area contributed by atoms with Gasteiger partial charge in [-0.3, -0.25) is 0 Å². The summed E-state index contributed by atoms with van der Waals surface area (Å²) in [4.78, 5) is 24.8. The number of amides is 2. The van der Waals surface area contributed by atoms with Gasteiger partial charge in [-0.25, -0.2) is 9.59 Å². The van der Waals surface area contributed by atoms with Crippen LogP contribution in [-0.4, -0.2) is 46.3 Å². The van der Waals surface area contributed by atoms with Gasteiger partial charge in [0.2, 0.25) is 0 Å². The molecule has 1 fully saturated rings. The molecule has 3 N–H and O–H groups in total. The van der Waals surface area contributed by atoms with Crippen molar-refractivity contribution in [2.75, 3.05) is 18.4 Å². The van der Waals surface area contributed by atoms with Gasteiger partial charge in [-0.15, -0.1) is 0 Å². The first-order valence-corrected chi connectivity index (χ1v) is 6.55. The Morgan fingerprint density at radius 1 is 1.30 bits per heavy atom. The molecule has 0 spiro atoms. The molecule has 6 heteroatoms. The maximum Gasteiger partial charge on any atom is 0.337 e. The molecule has 1 saturated heterocycles. The van der Waals surface area contributed by atoms with Crippen molar-refractivity contribution in [3.05, 3.63) is 29.3 Å². The molecule has 6 nitrogen and oxygen atoms in total. The number of anilines is 1. The Hall–Kier alpha value is -2.08. The van der Waals surface area contributed by atoms with E-state index in [1.165, 1.54) is 6.07 Å². The second kappa shape index (κ2) is 5.92. The van der Waals surface area contributed by atoms with Gasteiger partial charge in [0.05, 0.1) is 17.4 Å². The standard InChI is InChI=1S/C14H18N2O4/c1-9-2-3-12(11(8-9)13(18)19)15-14(20)16-6-4-10(17)5-7-16/h2-3,8,10,17H,4-7H2,1H3,(H,15,20)(H,18,19). The number of piperidine rings is 1. The monoisotopic (exact) mass is 278 g/mol. The Labute approximate surface area is 117 Å². The van der Waals surface area contributed by atoms with E-state index in [4.69, 9.17) is 5.11 Å². The number of rotatable bonds is 2. The van der Waals surface area contributed by atoms with Crippen LogP contribution in [0, 0.1) is 6.92 Å². The van der Waals surface area contributed by atoms with Crippen molar-refractivity contribution in [2.24, 2.45) is 0 Å². The molecule has 108 valence electrons. The fraction of sp³-hybridized carbons (Fsp3) is 0.429. The zero-order chi connectivity index (χ0) is 14.7. The van der Waals surface area contributed by atoms with Gasteiger partial charge in [0.25, 0.3) is 0 Å². The van der Waals surface area contributed by atoms with Crippen LogP contribution < -0.4 is 5.32 Å². The van der Waals surface area contributed by atoms with E-state index in [0.717, 1.165) is 5.56 Å². The van der Waals surface area contributed by atoms with E-state index in [0.29, 0.717) is 31.6 Å². The van der Waals surface area contributed by atoms with Gasteiger partial charge in [-0.1, -0.05) is 11.6 Å². The summed E-state index contributed by atoms with van der Waals surface area (Å²) >= 11 is 0. The van der Waals surface area contributed by atoms with Gasteiger partial charge in [0, 0.05) is 13.1 Å². The largest absolute Gasteiger partial charge is 0.478 e. The molecule has 0 radical (unpaired) electrons. The fourth-order valence-electron chi connectivity index (χ4n) is 2.21. The molecule has 1 aliphatic heterocycles. The fourth-order valence-corrected chi connectivity index (χ4v) is 2.21. The molecular formula is C14H18N2O4. The lowest BCUT2D eigenvalue weighted by Gasteiger charge is -2.29. The minimum atomic E-state index is -1.07. The van der Waals surface area contributed by atoms with Crippen LogP contribution in [0.1, 0.15) is 28.8 Å². The third kappa shape index (κ3) is 3.27. The zero-order valence-electron chi connectivity index (χ0n) is 11.3. The van der Waals surface area contributed by atoms with Crippen molar-refractivity contribution in [1.29, 1.82) is 0 Å². The van der Waals surface area contributed by atoms with Crippen molar-refractivity contribution < 1.29 is 19.8 Å². The zero-order valence-corrected chi connectivity index (χ0v) is 11.3. The van der Waals surface area contributed by atoms with E-state index in [-0.39, 0.29) is 17.7 Å². The lowest BCUT2D eigenvalue weighted by Crippen LogP contribution is -2.42. The van der Waals surface area contributed by atoms with E-state index < -0.39 is 5.97 Å². The molecule has 1 aromatic rings. The van der Waals surface area contributed by atoms with E-state index >= 15 is 0 Å². The number of benzene rings is 1. The highest BCUT2D eigenvalue weighted by molar-refractivity contribution is 6.00. The maximum absolute atomic E-state index is 12.1. The highest BCUT2D eigenvalue weighted by Crippen LogP contribution is 2.19. The number of likely N-dealkylation sites (tertiary alicyclic amines) is 1. The molecule has 0 aromatic heterocycles. The van der Waals surface area contributed by atoms with Crippen molar-refractivity contribution in [3.8, 4) is 0 Å². The number of hydrogen-bond donors (Lipinski definition) is 3. The smallest absolute Gasteiger partial charge is 0.337 e. The molecule has 0 bridgehead atoms. The Kier molecular flexibility index (Phi) is 4.24. The third-order valence-electron chi connectivity index (χ3n) is 3.40. The number of carboxylic acids is 1. The van der Waals surface area contributed by atoms with Crippen molar-refractivity contribution >= 4 is 17.7 Å². The predicted octanol–water partition coefficient (Wildman–Crippen LogP) is 1.68. The first-order valence-electron chi connectivity index (χ1n) is 6.55. The number of carboxylic acid groups (broad SMARTS) is 1. The molecule has 0 atom stereocenters. The lowest BCUT2D eigenvalue weighted by molar-refractivity contribution is 0.0698. The van der Waals surface area contributed by atoms with Gasteiger partial charge in [-0.2, -0.15) is 0 Å². The normalized spacial score (nSPS) is 16.0. The lowest BCUT2D eigenvalue weighted by atomic mass is 10.1. The van der Waals surface area contributed by atoms with Crippen molar-refractivity contribution in [1.82, 2.24) is 4.90 Å². The Morgan fingerprint density at radius 2 is 1.95 bits per heavy atom. The summed E-state index contributed by atoms with van der Waals surface area (Å²) in [6.07, 6.45) is 0.744. The number of carbonyl (C=O) groups excluding carboxylic acids is 1. The number of urea groups is 1. The number of aliphatic hydroxyl groups excluding tert-OH is 1. The summed E-state index contributed by atoms with van der Waals surface area (Å²) < 4.78 is 0. The van der Waals surface area contributed by atoms with Gasteiger partial charge >= 0.3 is 12.0 Å². The molecule has 0 aliphatic carbocycles. The maximum atomic E-state index is 12.1. The second-order valence-corrected chi connectivity index (χ2v) is 5.00. The van der Waals surface area contributed by atoms with E-state index in [1.54, 1.807) is 24.0 Å². The summed E-state index contributed by atoms with van der Waals surface area (Å²) in [6, 6.07) is 4.54. The highest BCUT2D eigenvalue weighted by atomic mass is 16.4. The number of carbonyl (C=O) groups is 2. The number of nitrogens with zero attached hydrogens (tertiary/aromatic N) is 1. The van der Waals surface area contributed by atoms with Crippen LogP contribution in [0.2, 0.25) is 0 Å². The van der Waals surface area contributed by atoms with Gasteiger partial charge in [0.15, 0.2) is 0 Å². The SMILES string of the molecule is Cc1ccc(NC(=O)N2CCC(O)CC2)c(C(=O)O)c1. The Balaban J connectivity index is 2.10. The molecule has 20 heavy (non-hydrogen) atoms. The molecule has 1 heterocycles. The molecule has 0 unspecified atom stereocenters. The predicted molar refractivity (Wildman–Crippen MR) is 74.0 cm³/mol. The topological polar surface area (TPSA) is 89.9 Å².